The zero-order valence-electron chi connectivity index (χ0n) is 9.78. The van der Waals surface area contributed by atoms with Crippen molar-refractivity contribution in [2.45, 2.75) is 29.8 Å². The molecule has 1 aliphatic heterocycles. The van der Waals surface area contributed by atoms with Gasteiger partial charge in [-0.2, -0.15) is 22.7 Å². The highest BCUT2D eigenvalue weighted by molar-refractivity contribution is 7.92. The predicted molar refractivity (Wildman–Crippen MR) is 76.9 cm³/mol. The van der Waals surface area contributed by atoms with E-state index in [-0.39, 0.29) is 10.5 Å². The number of hydrogen-bond donors (Lipinski definition) is 0. The van der Waals surface area contributed by atoms with Crippen molar-refractivity contribution in [1.82, 2.24) is 0 Å². The molecule has 0 aromatic carbocycles. The van der Waals surface area contributed by atoms with Crippen molar-refractivity contribution in [3.05, 3.63) is 44.8 Å². The molecule has 0 amide bonds. The molecule has 1 saturated heterocycles. The molecule has 2 aromatic heterocycles. The summed E-state index contributed by atoms with van der Waals surface area (Å²) in [6.07, 6.45) is 2.51. The summed E-state index contributed by atoms with van der Waals surface area (Å²) in [5.41, 5.74) is 1.94. The molecule has 0 bridgehead atoms. The van der Waals surface area contributed by atoms with Crippen molar-refractivity contribution >= 4 is 32.5 Å². The molecule has 1 fully saturated rings. The third-order valence-electron chi connectivity index (χ3n) is 3.56. The van der Waals surface area contributed by atoms with Crippen LogP contribution in [-0.2, 0) is 9.84 Å². The average Bonchev–Trinajstić information content (AvgIpc) is 3.01. The SMILES string of the molecule is O=S1(=O)C(c2ccsc2)CCCC1c1ccsc1. The van der Waals surface area contributed by atoms with Crippen LogP contribution in [-0.4, -0.2) is 8.42 Å². The Hall–Kier alpha value is -0.650. The maximum absolute atomic E-state index is 12.7. The third kappa shape index (κ3) is 2.04. The van der Waals surface area contributed by atoms with Gasteiger partial charge in [-0.3, -0.25) is 0 Å². The van der Waals surface area contributed by atoms with Crippen molar-refractivity contribution in [1.29, 1.82) is 0 Å². The Morgan fingerprint density at radius 2 is 1.44 bits per heavy atom. The van der Waals surface area contributed by atoms with E-state index in [2.05, 4.69) is 0 Å². The Bertz CT molecular complexity index is 548. The van der Waals surface area contributed by atoms with E-state index in [1.54, 1.807) is 22.7 Å². The van der Waals surface area contributed by atoms with E-state index in [0.29, 0.717) is 0 Å². The molecular weight excluding hydrogens is 284 g/mol. The maximum atomic E-state index is 12.7. The van der Waals surface area contributed by atoms with Crippen LogP contribution in [0.3, 0.4) is 0 Å². The normalized spacial score (nSPS) is 27.1. The van der Waals surface area contributed by atoms with Crippen molar-refractivity contribution in [2.75, 3.05) is 0 Å². The third-order valence-corrected chi connectivity index (χ3v) is 7.56. The van der Waals surface area contributed by atoms with Crippen LogP contribution in [0.1, 0.15) is 40.9 Å². The van der Waals surface area contributed by atoms with Crippen LogP contribution in [0.2, 0.25) is 0 Å². The van der Waals surface area contributed by atoms with Crippen molar-refractivity contribution < 1.29 is 8.42 Å². The Morgan fingerprint density at radius 1 is 0.944 bits per heavy atom. The molecule has 3 heterocycles. The summed E-state index contributed by atoms with van der Waals surface area (Å²) >= 11 is 3.14. The van der Waals surface area contributed by atoms with E-state index < -0.39 is 9.84 Å². The lowest BCUT2D eigenvalue weighted by Gasteiger charge is -2.28. The van der Waals surface area contributed by atoms with Gasteiger partial charge in [-0.1, -0.05) is 6.42 Å². The fraction of sp³-hybridized carbons (Fsp3) is 0.385. The minimum absolute atomic E-state index is 0.303. The van der Waals surface area contributed by atoms with Gasteiger partial charge in [0.25, 0.3) is 0 Å². The van der Waals surface area contributed by atoms with Gasteiger partial charge in [0.15, 0.2) is 9.84 Å². The van der Waals surface area contributed by atoms with Crippen molar-refractivity contribution in [3.8, 4) is 0 Å². The van der Waals surface area contributed by atoms with Gasteiger partial charge in [-0.25, -0.2) is 8.42 Å². The molecule has 0 aliphatic carbocycles. The Labute approximate surface area is 115 Å². The quantitative estimate of drug-likeness (QED) is 0.833. The molecule has 0 N–H and O–H groups in total. The smallest absolute Gasteiger partial charge is 0.164 e. The van der Waals surface area contributed by atoms with Crippen LogP contribution in [0.4, 0.5) is 0 Å². The van der Waals surface area contributed by atoms with Crippen molar-refractivity contribution in [2.24, 2.45) is 0 Å². The minimum atomic E-state index is -3.10. The summed E-state index contributed by atoms with van der Waals surface area (Å²) in [6, 6.07) is 3.89. The fourth-order valence-corrected chi connectivity index (χ4v) is 6.68. The Morgan fingerprint density at radius 3 is 1.83 bits per heavy atom. The molecule has 0 radical (unpaired) electrons. The lowest BCUT2D eigenvalue weighted by Crippen LogP contribution is -2.25. The van der Waals surface area contributed by atoms with Gasteiger partial charge >= 0.3 is 0 Å². The first-order valence-corrected chi connectivity index (χ1v) is 9.46. The molecule has 2 unspecified atom stereocenters. The number of hydrogen-bond acceptors (Lipinski definition) is 4. The first kappa shape index (κ1) is 12.4. The van der Waals surface area contributed by atoms with Gasteiger partial charge in [-0.05, 0) is 57.6 Å². The molecule has 0 saturated carbocycles. The highest BCUT2D eigenvalue weighted by atomic mass is 32.2. The molecule has 2 aromatic rings. The second-order valence-electron chi connectivity index (χ2n) is 4.61. The largest absolute Gasteiger partial charge is 0.228 e. The van der Waals surface area contributed by atoms with Gasteiger partial charge in [0.1, 0.15) is 0 Å². The second kappa shape index (κ2) is 4.79. The van der Waals surface area contributed by atoms with Crippen LogP contribution in [0.15, 0.2) is 33.7 Å². The highest BCUT2D eigenvalue weighted by Gasteiger charge is 2.39. The molecular formula is C13H14O2S3. The monoisotopic (exact) mass is 298 g/mol. The summed E-state index contributed by atoms with van der Waals surface area (Å²) in [5.74, 6) is 0. The average molecular weight is 298 g/mol. The molecule has 1 aliphatic rings. The lowest BCUT2D eigenvalue weighted by molar-refractivity contribution is 0.515. The van der Waals surface area contributed by atoms with E-state index in [1.165, 1.54) is 0 Å². The predicted octanol–water partition coefficient (Wildman–Crippen LogP) is 4.19. The molecule has 18 heavy (non-hydrogen) atoms. The van der Waals surface area contributed by atoms with E-state index in [9.17, 15) is 8.42 Å². The van der Waals surface area contributed by atoms with E-state index in [0.717, 1.165) is 30.4 Å². The highest BCUT2D eigenvalue weighted by Crippen LogP contribution is 2.45. The van der Waals surface area contributed by atoms with E-state index >= 15 is 0 Å². The Balaban J connectivity index is 2.00. The maximum Gasteiger partial charge on any atom is 0.164 e. The summed E-state index contributed by atoms with van der Waals surface area (Å²) in [4.78, 5) is 0. The summed E-state index contributed by atoms with van der Waals surface area (Å²) in [5, 5.41) is 7.25. The van der Waals surface area contributed by atoms with Gasteiger partial charge in [0.05, 0.1) is 10.5 Å². The van der Waals surface area contributed by atoms with Gasteiger partial charge in [-0.15, -0.1) is 0 Å². The van der Waals surface area contributed by atoms with Crippen LogP contribution < -0.4 is 0 Å². The number of rotatable bonds is 2. The lowest BCUT2D eigenvalue weighted by atomic mass is 10.0. The van der Waals surface area contributed by atoms with Crippen LogP contribution in [0.5, 0.6) is 0 Å². The standard InChI is InChI=1S/C13H14O2S3/c14-18(15)12(10-4-6-16-8-10)2-1-3-13(18)11-5-7-17-9-11/h4-9,12-13H,1-3H2. The zero-order chi connectivity index (χ0) is 12.6. The molecule has 5 heteroatoms. The van der Waals surface area contributed by atoms with Gasteiger partial charge in [0.2, 0.25) is 0 Å². The number of sulfone groups is 1. The Kier molecular flexibility index (Phi) is 3.30. The summed E-state index contributed by atoms with van der Waals surface area (Å²) < 4.78 is 25.4. The first-order valence-electron chi connectivity index (χ1n) is 5.96. The topological polar surface area (TPSA) is 34.1 Å². The summed E-state index contributed by atoms with van der Waals surface area (Å²) in [7, 11) is -3.10. The van der Waals surface area contributed by atoms with Crippen LogP contribution in [0.25, 0.3) is 0 Å². The molecule has 2 nitrogen and oxygen atoms in total. The van der Waals surface area contributed by atoms with Gasteiger partial charge in [0, 0.05) is 0 Å². The zero-order valence-corrected chi connectivity index (χ0v) is 12.2. The number of thiophene rings is 2. The fourth-order valence-electron chi connectivity index (χ4n) is 2.64. The molecule has 2 atom stereocenters. The van der Waals surface area contributed by atoms with Gasteiger partial charge < -0.3 is 0 Å². The van der Waals surface area contributed by atoms with Crippen LogP contribution in [0, 0.1) is 0 Å². The summed E-state index contributed by atoms with van der Waals surface area (Å²) in [6.45, 7) is 0. The van der Waals surface area contributed by atoms with E-state index in [1.807, 2.05) is 33.7 Å². The van der Waals surface area contributed by atoms with E-state index in [4.69, 9.17) is 0 Å². The molecule has 0 spiro atoms. The first-order chi connectivity index (χ1) is 8.69. The van der Waals surface area contributed by atoms with Crippen molar-refractivity contribution in [3.63, 3.8) is 0 Å². The molecule has 3 rings (SSSR count). The second-order valence-corrected chi connectivity index (χ2v) is 8.49. The minimum Gasteiger partial charge on any atom is -0.228 e. The molecule has 96 valence electrons. The van der Waals surface area contributed by atoms with Crippen LogP contribution >= 0.6 is 22.7 Å².